The minimum absolute atomic E-state index is 0.178. The van der Waals surface area contributed by atoms with E-state index in [1.165, 1.54) is 7.05 Å². The summed E-state index contributed by atoms with van der Waals surface area (Å²) in [5.41, 5.74) is 0. The van der Waals surface area contributed by atoms with Crippen molar-refractivity contribution >= 4 is 24.8 Å². The van der Waals surface area contributed by atoms with Gasteiger partial charge < -0.3 is 11.3 Å². The normalized spacial score (nSPS) is 11.3. The monoisotopic (exact) mass is 183 g/mol. The zero-order valence-corrected chi connectivity index (χ0v) is 7.01. The van der Waals surface area contributed by atoms with E-state index < -0.39 is 6.03 Å². The minimum Gasteiger partial charge on any atom is -0.321 e. The van der Waals surface area contributed by atoms with Crippen molar-refractivity contribution in [2.75, 3.05) is 7.05 Å². The van der Waals surface area contributed by atoms with E-state index in [4.69, 9.17) is 11.3 Å². The van der Waals surface area contributed by atoms with E-state index in [1.54, 1.807) is 0 Å². The number of carbonyl (C=O) groups excluding carboxylic acids is 1. The van der Waals surface area contributed by atoms with Crippen molar-refractivity contribution in [1.29, 1.82) is 5.41 Å². The molecule has 0 aromatic heterocycles. The minimum atomic E-state index is -0.807. The van der Waals surface area contributed by atoms with Gasteiger partial charge in [0.05, 0.1) is 13.3 Å². The Morgan fingerprint density at radius 2 is 2.31 bits per heavy atom. The molecule has 0 radical (unpaired) electrons. The van der Waals surface area contributed by atoms with E-state index in [-0.39, 0.29) is 5.84 Å². The van der Waals surface area contributed by atoms with Gasteiger partial charge in [-0.1, -0.05) is 5.22 Å². The average Bonchev–Trinajstić information content (AvgIpc) is 2.17. The van der Waals surface area contributed by atoms with E-state index in [9.17, 15) is 4.79 Å². The fourth-order valence-electron chi connectivity index (χ4n) is 0.492. The Balaban J connectivity index is 4.89. The number of carbonyl (C=O) groups is 1. The number of hydrazone groups is 1. The van der Waals surface area contributed by atoms with Crippen LogP contribution in [-0.2, 0) is 0 Å². The molecule has 0 saturated heterocycles. The summed E-state index contributed by atoms with van der Waals surface area (Å²) in [6.45, 7) is 3.00. The molecular weight excluding hydrogens is 174 g/mol. The number of aliphatic imine (C=N–C) groups is 1. The van der Waals surface area contributed by atoms with Gasteiger partial charge in [-0.25, -0.2) is 9.79 Å². The number of amidine groups is 1. The van der Waals surface area contributed by atoms with Crippen molar-refractivity contribution < 1.29 is 4.79 Å². The number of nitrogens with two attached hydrogens (primary N) is 1. The van der Waals surface area contributed by atoms with Crippen LogP contribution in [0.15, 0.2) is 20.4 Å². The van der Waals surface area contributed by atoms with E-state index >= 15 is 0 Å². The SMILES string of the molecule is C=NC(=O)N(/N=N\C)/C(C=N)=N\N. The van der Waals surface area contributed by atoms with Crippen LogP contribution in [0.4, 0.5) is 4.79 Å². The molecule has 70 valence electrons. The van der Waals surface area contributed by atoms with Crippen molar-refractivity contribution in [1.82, 2.24) is 5.01 Å². The second kappa shape index (κ2) is 5.52. The fourth-order valence-corrected chi connectivity index (χ4v) is 0.492. The van der Waals surface area contributed by atoms with E-state index in [0.717, 1.165) is 6.21 Å². The Hall–Kier alpha value is -2.12. The summed E-state index contributed by atoms with van der Waals surface area (Å²) in [7, 11) is 1.35. The second-order valence-corrected chi connectivity index (χ2v) is 1.67. The molecule has 0 aromatic carbocycles. The van der Waals surface area contributed by atoms with Crippen LogP contribution in [0.25, 0.3) is 0 Å². The highest BCUT2D eigenvalue weighted by Gasteiger charge is 2.15. The van der Waals surface area contributed by atoms with Crippen LogP contribution >= 0.6 is 0 Å². The highest BCUT2D eigenvalue weighted by molar-refractivity contribution is 6.31. The van der Waals surface area contributed by atoms with E-state index in [0.29, 0.717) is 5.01 Å². The largest absolute Gasteiger partial charge is 0.371 e. The van der Waals surface area contributed by atoms with Crippen molar-refractivity contribution in [2.24, 2.45) is 26.3 Å². The van der Waals surface area contributed by atoms with E-state index in [1.807, 2.05) is 0 Å². The predicted molar refractivity (Wildman–Crippen MR) is 48.0 cm³/mol. The molecular formula is C5H9N7O. The summed E-state index contributed by atoms with van der Waals surface area (Å²) in [6, 6.07) is -0.807. The molecule has 8 nitrogen and oxygen atoms in total. The van der Waals surface area contributed by atoms with Gasteiger partial charge >= 0.3 is 6.03 Å². The van der Waals surface area contributed by atoms with Crippen LogP contribution in [0, 0.1) is 5.41 Å². The van der Waals surface area contributed by atoms with Gasteiger partial charge in [0.1, 0.15) is 0 Å². The maximum absolute atomic E-state index is 11.0. The Labute approximate surface area is 74.3 Å². The standard InChI is InChI=1S/C5H9N7O/c1-8-5(13)12(11-9-2)4(3-6)10-7/h3,6H,1,7H2,2H3/b6-3?,10-4-,11-9-. The van der Waals surface area contributed by atoms with E-state index in [2.05, 4.69) is 27.1 Å². The Morgan fingerprint density at radius 3 is 2.62 bits per heavy atom. The molecule has 0 rings (SSSR count). The Morgan fingerprint density at radius 1 is 1.69 bits per heavy atom. The maximum atomic E-state index is 11.0. The molecule has 0 saturated carbocycles. The first-order chi connectivity index (χ1) is 6.21. The number of nitrogens with zero attached hydrogens (tertiary/aromatic N) is 5. The van der Waals surface area contributed by atoms with Crippen molar-refractivity contribution in [3.05, 3.63) is 0 Å². The Kier molecular flexibility index (Phi) is 4.62. The van der Waals surface area contributed by atoms with Gasteiger partial charge in [-0.15, -0.1) is 5.01 Å². The maximum Gasteiger partial charge on any atom is 0.371 e. The van der Waals surface area contributed by atoms with Crippen LogP contribution in [0.2, 0.25) is 0 Å². The summed E-state index contributed by atoms with van der Waals surface area (Å²) < 4.78 is 0. The predicted octanol–water partition coefficient (Wildman–Crippen LogP) is 0.0278. The number of nitrogens with one attached hydrogen (secondary N) is 1. The molecule has 0 atom stereocenters. The molecule has 8 heteroatoms. The highest BCUT2D eigenvalue weighted by Crippen LogP contribution is 1.95. The van der Waals surface area contributed by atoms with Gasteiger partial charge in [0.2, 0.25) is 0 Å². The molecule has 0 aromatic rings. The molecule has 13 heavy (non-hydrogen) atoms. The number of hydrogen-bond acceptors (Lipinski definition) is 6. The lowest BCUT2D eigenvalue weighted by Gasteiger charge is -2.09. The summed E-state index contributed by atoms with van der Waals surface area (Å²) >= 11 is 0. The van der Waals surface area contributed by atoms with Crippen LogP contribution in [0.3, 0.4) is 0 Å². The quantitative estimate of drug-likeness (QED) is 0.206. The van der Waals surface area contributed by atoms with Crippen molar-refractivity contribution in [3.8, 4) is 0 Å². The van der Waals surface area contributed by atoms with Gasteiger partial charge in [-0.2, -0.15) is 10.2 Å². The van der Waals surface area contributed by atoms with Crippen LogP contribution in [0.5, 0.6) is 0 Å². The van der Waals surface area contributed by atoms with Crippen LogP contribution < -0.4 is 5.84 Å². The molecule has 2 amide bonds. The van der Waals surface area contributed by atoms with Crippen molar-refractivity contribution in [2.45, 2.75) is 0 Å². The number of amides is 2. The average molecular weight is 183 g/mol. The first-order valence-corrected chi connectivity index (χ1v) is 3.10. The zero-order chi connectivity index (χ0) is 10.3. The third-order valence-electron chi connectivity index (χ3n) is 0.974. The van der Waals surface area contributed by atoms with Crippen molar-refractivity contribution in [3.63, 3.8) is 0 Å². The molecule has 0 spiro atoms. The first-order valence-electron chi connectivity index (χ1n) is 3.10. The molecule has 3 N–H and O–H groups in total. The number of rotatable bonds is 2. The molecule has 0 fully saturated rings. The number of urea groups is 1. The Bertz CT molecular complexity index is 268. The molecule has 0 aliphatic rings. The fraction of sp³-hybridized carbons (Fsp3) is 0.200. The topological polar surface area (TPSA) is 120 Å². The molecule has 0 aliphatic heterocycles. The zero-order valence-electron chi connectivity index (χ0n) is 7.01. The lowest BCUT2D eigenvalue weighted by atomic mass is 10.6. The smallest absolute Gasteiger partial charge is 0.321 e. The second-order valence-electron chi connectivity index (χ2n) is 1.67. The third kappa shape index (κ3) is 2.77. The summed E-state index contributed by atoms with van der Waals surface area (Å²) in [5, 5.41) is 17.3. The molecule has 0 aliphatic carbocycles. The summed E-state index contributed by atoms with van der Waals surface area (Å²) in [6.07, 6.45) is 0.748. The lowest BCUT2D eigenvalue weighted by Crippen LogP contribution is -2.31. The summed E-state index contributed by atoms with van der Waals surface area (Å²) in [5.74, 6) is 4.71. The third-order valence-corrected chi connectivity index (χ3v) is 0.974. The number of hydrogen-bond donors (Lipinski definition) is 2. The summed E-state index contributed by atoms with van der Waals surface area (Å²) in [4.78, 5) is 14.0. The molecule has 0 bridgehead atoms. The molecule has 0 unspecified atom stereocenters. The van der Waals surface area contributed by atoms with Gasteiger partial charge in [-0.3, -0.25) is 0 Å². The van der Waals surface area contributed by atoms with Gasteiger partial charge in [0, 0.05) is 0 Å². The lowest BCUT2D eigenvalue weighted by molar-refractivity contribution is 0.230. The molecule has 0 heterocycles. The van der Waals surface area contributed by atoms with Gasteiger partial charge in [0.25, 0.3) is 0 Å². The first kappa shape index (κ1) is 10.9. The van der Waals surface area contributed by atoms with Crippen LogP contribution in [-0.4, -0.2) is 36.9 Å². The van der Waals surface area contributed by atoms with Crippen LogP contribution in [0.1, 0.15) is 0 Å². The van der Waals surface area contributed by atoms with Gasteiger partial charge in [0.15, 0.2) is 5.84 Å². The van der Waals surface area contributed by atoms with Gasteiger partial charge in [-0.05, 0) is 6.72 Å². The highest BCUT2D eigenvalue weighted by atomic mass is 16.2.